The molecule has 0 spiro atoms. The van der Waals surface area contributed by atoms with Crippen LogP contribution in [-0.2, 0) is 6.18 Å². The Morgan fingerprint density at radius 3 is 1.47 bits per heavy atom. The molecule has 0 radical (unpaired) electrons. The van der Waals surface area contributed by atoms with Gasteiger partial charge < -0.3 is 0 Å². The smallest absolute Gasteiger partial charge is 0.166 e. The van der Waals surface area contributed by atoms with E-state index in [1.807, 2.05) is 36.4 Å². The number of hydrogen-bond donors (Lipinski definition) is 0. The molecule has 0 N–H and O–H groups in total. The summed E-state index contributed by atoms with van der Waals surface area (Å²) in [6, 6.07) is 36.3. The molecule has 0 aliphatic heterocycles. The van der Waals surface area contributed by atoms with Crippen molar-refractivity contribution in [2.75, 3.05) is 0 Å². The van der Waals surface area contributed by atoms with Crippen LogP contribution in [0, 0.1) is 0 Å². The van der Waals surface area contributed by atoms with Gasteiger partial charge in [0.05, 0.1) is 5.56 Å². The van der Waals surface area contributed by atoms with Crippen molar-refractivity contribution in [3.63, 3.8) is 0 Å². The Balaban J connectivity index is 1.56. The predicted octanol–water partition coefficient (Wildman–Crippen LogP) is 9.50. The van der Waals surface area contributed by atoms with Gasteiger partial charge in [-0.1, -0.05) is 109 Å². The molecule has 164 valence electrons. The standard InChI is InChI=1S/C31H19F3/c32-31(33,34)30-27-11-5-3-9-25(27)29(26-10-4-6-12-28(26)30)22-16-13-21(14-17-22)24-18-15-20-7-1-2-8-23(20)19-24/h1-19H. The minimum Gasteiger partial charge on any atom is -0.166 e. The first kappa shape index (κ1) is 20.5. The average Bonchev–Trinajstić information content (AvgIpc) is 2.86. The number of benzene rings is 6. The fourth-order valence-electron chi connectivity index (χ4n) is 4.94. The van der Waals surface area contributed by atoms with Crippen LogP contribution >= 0.6 is 0 Å². The number of fused-ring (bicyclic) bond motifs is 3. The van der Waals surface area contributed by atoms with Crippen molar-refractivity contribution in [1.29, 1.82) is 0 Å². The SMILES string of the molecule is FC(F)(F)c1c2ccccc2c(-c2ccc(-c3ccc4ccccc4c3)cc2)c2ccccc12. The monoisotopic (exact) mass is 448 g/mol. The molecule has 6 aromatic carbocycles. The molecule has 0 saturated heterocycles. The minimum absolute atomic E-state index is 0.224. The highest BCUT2D eigenvalue weighted by Crippen LogP contribution is 2.45. The molecular weight excluding hydrogens is 429 g/mol. The summed E-state index contributed by atoms with van der Waals surface area (Å²) in [6.07, 6.45) is -4.45. The fourth-order valence-corrected chi connectivity index (χ4v) is 4.94. The summed E-state index contributed by atoms with van der Waals surface area (Å²) in [5, 5.41) is 4.01. The molecule has 0 aromatic heterocycles. The van der Waals surface area contributed by atoms with Gasteiger partial charge in [0, 0.05) is 0 Å². The van der Waals surface area contributed by atoms with Crippen LogP contribution in [-0.4, -0.2) is 0 Å². The molecule has 0 saturated carbocycles. The first-order chi connectivity index (χ1) is 16.5. The lowest BCUT2D eigenvalue weighted by atomic mass is 9.87. The fraction of sp³-hybridized carbons (Fsp3) is 0.0323. The Bertz CT molecular complexity index is 1620. The molecule has 0 amide bonds. The number of hydrogen-bond acceptors (Lipinski definition) is 0. The van der Waals surface area contributed by atoms with Crippen LogP contribution < -0.4 is 0 Å². The van der Waals surface area contributed by atoms with E-state index in [0.717, 1.165) is 22.3 Å². The third-order valence-electron chi connectivity index (χ3n) is 6.47. The van der Waals surface area contributed by atoms with E-state index in [4.69, 9.17) is 0 Å². The second-order valence-corrected chi connectivity index (χ2v) is 8.48. The summed E-state index contributed by atoms with van der Waals surface area (Å²) < 4.78 is 42.4. The molecule has 0 bridgehead atoms. The van der Waals surface area contributed by atoms with E-state index in [-0.39, 0.29) is 10.8 Å². The van der Waals surface area contributed by atoms with Crippen LogP contribution in [0.15, 0.2) is 115 Å². The topological polar surface area (TPSA) is 0 Å². The molecule has 0 atom stereocenters. The molecule has 0 unspecified atom stereocenters. The van der Waals surface area contributed by atoms with E-state index in [0.29, 0.717) is 10.8 Å². The Hall–Kier alpha value is -4.11. The first-order valence-corrected chi connectivity index (χ1v) is 11.1. The van der Waals surface area contributed by atoms with Crippen molar-refractivity contribution >= 4 is 32.3 Å². The molecule has 6 aromatic rings. The molecule has 0 aliphatic carbocycles. The zero-order valence-corrected chi connectivity index (χ0v) is 18.1. The third-order valence-corrected chi connectivity index (χ3v) is 6.47. The number of rotatable bonds is 2. The molecule has 0 nitrogen and oxygen atoms in total. The Morgan fingerprint density at radius 2 is 0.882 bits per heavy atom. The maximum absolute atomic E-state index is 14.1. The van der Waals surface area contributed by atoms with Gasteiger partial charge in [-0.05, 0) is 60.6 Å². The van der Waals surface area contributed by atoms with Crippen LogP contribution in [0.1, 0.15) is 5.56 Å². The second-order valence-electron chi connectivity index (χ2n) is 8.48. The first-order valence-electron chi connectivity index (χ1n) is 11.1. The van der Waals surface area contributed by atoms with Crippen LogP contribution in [0.3, 0.4) is 0 Å². The number of halogens is 3. The highest BCUT2D eigenvalue weighted by atomic mass is 19.4. The summed E-state index contributed by atoms with van der Waals surface area (Å²) in [7, 11) is 0. The summed E-state index contributed by atoms with van der Waals surface area (Å²) in [4.78, 5) is 0. The second kappa shape index (κ2) is 7.74. The molecule has 34 heavy (non-hydrogen) atoms. The lowest BCUT2D eigenvalue weighted by Crippen LogP contribution is -2.07. The van der Waals surface area contributed by atoms with Gasteiger partial charge in [-0.2, -0.15) is 13.2 Å². The van der Waals surface area contributed by atoms with Gasteiger partial charge in [0.2, 0.25) is 0 Å². The van der Waals surface area contributed by atoms with E-state index in [1.54, 1.807) is 48.5 Å². The normalized spacial score (nSPS) is 12.0. The molecule has 0 aliphatic rings. The molecule has 3 heteroatoms. The summed E-state index contributed by atoms with van der Waals surface area (Å²) in [5.74, 6) is 0. The molecule has 6 rings (SSSR count). The van der Waals surface area contributed by atoms with Crippen molar-refractivity contribution in [2.24, 2.45) is 0 Å². The Morgan fingerprint density at radius 1 is 0.412 bits per heavy atom. The minimum atomic E-state index is -4.45. The van der Waals surface area contributed by atoms with Crippen LogP contribution in [0.2, 0.25) is 0 Å². The van der Waals surface area contributed by atoms with Gasteiger partial charge in [-0.3, -0.25) is 0 Å². The molecule has 0 heterocycles. The van der Waals surface area contributed by atoms with Crippen molar-refractivity contribution in [3.8, 4) is 22.3 Å². The van der Waals surface area contributed by atoms with Crippen molar-refractivity contribution < 1.29 is 13.2 Å². The summed E-state index contributed by atoms with van der Waals surface area (Å²) in [5.41, 5.74) is 3.31. The van der Waals surface area contributed by atoms with Crippen molar-refractivity contribution in [3.05, 3.63) is 121 Å². The lowest BCUT2D eigenvalue weighted by molar-refractivity contribution is -0.135. The highest BCUT2D eigenvalue weighted by Gasteiger charge is 2.35. The quantitative estimate of drug-likeness (QED) is 0.231. The van der Waals surface area contributed by atoms with Crippen LogP contribution in [0.4, 0.5) is 13.2 Å². The molecular formula is C31H19F3. The van der Waals surface area contributed by atoms with Gasteiger partial charge in [-0.15, -0.1) is 0 Å². The van der Waals surface area contributed by atoms with Gasteiger partial charge in [-0.25, -0.2) is 0 Å². The van der Waals surface area contributed by atoms with E-state index >= 15 is 0 Å². The van der Waals surface area contributed by atoms with Crippen molar-refractivity contribution in [2.45, 2.75) is 6.18 Å². The highest BCUT2D eigenvalue weighted by molar-refractivity contribution is 6.15. The van der Waals surface area contributed by atoms with Crippen molar-refractivity contribution in [1.82, 2.24) is 0 Å². The molecule has 0 fully saturated rings. The van der Waals surface area contributed by atoms with E-state index in [1.165, 1.54) is 10.8 Å². The maximum atomic E-state index is 14.1. The van der Waals surface area contributed by atoms with Gasteiger partial charge >= 0.3 is 6.18 Å². The zero-order chi connectivity index (χ0) is 23.3. The zero-order valence-electron chi connectivity index (χ0n) is 18.1. The summed E-state index contributed by atoms with van der Waals surface area (Å²) >= 11 is 0. The van der Waals surface area contributed by atoms with E-state index < -0.39 is 11.7 Å². The number of alkyl halides is 3. The van der Waals surface area contributed by atoms with Gasteiger partial charge in [0.1, 0.15) is 0 Å². The average molecular weight is 448 g/mol. The Labute approximate surface area is 194 Å². The van der Waals surface area contributed by atoms with E-state index in [2.05, 4.69) is 30.3 Å². The lowest BCUT2D eigenvalue weighted by Gasteiger charge is -2.19. The summed E-state index contributed by atoms with van der Waals surface area (Å²) in [6.45, 7) is 0. The maximum Gasteiger partial charge on any atom is 0.417 e. The van der Waals surface area contributed by atoms with E-state index in [9.17, 15) is 13.2 Å². The van der Waals surface area contributed by atoms with Crippen LogP contribution in [0.25, 0.3) is 54.6 Å². The largest absolute Gasteiger partial charge is 0.417 e. The predicted molar refractivity (Wildman–Crippen MR) is 135 cm³/mol. The Kier molecular flexibility index (Phi) is 4.66. The van der Waals surface area contributed by atoms with Gasteiger partial charge in [0.15, 0.2) is 0 Å². The van der Waals surface area contributed by atoms with Gasteiger partial charge in [0.25, 0.3) is 0 Å². The van der Waals surface area contributed by atoms with Crippen LogP contribution in [0.5, 0.6) is 0 Å². The third kappa shape index (κ3) is 3.32.